The number of likely N-dealkylation sites (N-methyl/N-ethyl adjacent to an activating group) is 1. The molecule has 1 atom stereocenters. The summed E-state index contributed by atoms with van der Waals surface area (Å²) in [4.78, 5) is 17.9. The van der Waals surface area contributed by atoms with Crippen LogP contribution in [0, 0.1) is 19.8 Å². The van der Waals surface area contributed by atoms with Crippen LogP contribution in [0.15, 0.2) is 11.1 Å². The van der Waals surface area contributed by atoms with Gasteiger partial charge in [-0.15, -0.1) is 24.0 Å². The maximum atomic E-state index is 11.9. The minimum Gasteiger partial charge on any atom is -0.356 e. The Morgan fingerprint density at radius 1 is 1.24 bits per heavy atom. The SMILES string of the molecule is CCCCC(CC)CNC(=NCC(=O)N(C)C)NCCCn1nc(C)cc1C.I. The highest BCUT2D eigenvalue weighted by Gasteiger charge is 2.09. The highest BCUT2D eigenvalue weighted by Crippen LogP contribution is 2.11. The first-order valence-electron chi connectivity index (χ1n) is 10.6. The molecule has 8 heteroatoms. The average molecular weight is 521 g/mol. The molecule has 0 aliphatic heterocycles. The molecular weight excluding hydrogens is 479 g/mol. The highest BCUT2D eigenvalue weighted by atomic mass is 127. The number of hydrogen-bond donors (Lipinski definition) is 2. The van der Waals surface area contributed by atoms with Gasteiger partial charge in [0.05, 0.1) is 5.69 Å². The van der Waals surface area contributed by atoms with E-state index in [1.807, 2.05) is 11.6 Å². The first-order valence-corrected chi connectivity index (χ1v) is 10.6. The fraction of sp³-hybridized carbons (Fsp3) is 0.762. The number of carbonyl (C=O) groups excluding carboxylic acids is 1. The fourth-order valence-corrected chi connectivity index (χ4v) is 2.98. The van der Waals surface area contributed by atoms with Gasteiger partial charge in [0.1, 0.15) is 6.54 Å². The van der Waals surface area contributed by atoms with Gasteiger partial charge in [0.25, 0.3) is 0 Å². The molecule has 1 amide bonds. The second kappa shape index (κ2) is 15.5. The molecule has 2 N–H and O–H groups in total. The number of aryl methyl sites for hydroxylation is 3. The molecule has 0 saturated carbocycles. The van der Waals surface area contributed by atoms with Crippen LogP contribution in [0.3, 0.4) is 0 Å². The summed E-state index contributed by atoms with van der Waals surface area (Å²) in [6.45, 7) is 11.2. The standard InChI is InChI=1S/C21H40N6O.HI/c1-7-9-11-19(8-2)15-23-21(24-16-20(28)26(5)6)22-12-10-13-27-18(4)14-17(3)25-27;/h14,19H,7-13,15-16H2,1-6H3,(H2,22,23,24);1H. The minimum atomic E-state index is 0. The molecule has 0 aliphatic carbocycles. The van der Waals surface area contributed by atoms with Crippen molar-refractivity contribution in [2.45, 2.75) is 66.3 Å². The first kappa shape index (κ1) is 27.7. The molecule has 0 aliphatic rings. The molecule has 1 aromatic rings. The van der Waals surface area contributed by atoms with Gasteiger partial charge in [0, 0.05) is 39.4 Å². The van der Waals surface area contributed by atoms with E-state index in [-0.39, 0.29) is 36.4 Å². The van der Waals surface area contributed by atoms with Crippen LogP contribution in [-0.2, 0) is 11.3 Å². The lowest BCUT2D eigenvalue weighted by Gasteiger charge is -2.18. The van der Waals surface area contributed by atoms with E-state index in [0.717, 1.165) is 44.1 Å². The van der Waals surface area contributed by atoms with E-state index in [2.05, 4.69) is 47.6 Å². The van der Waals surface area contributed by atoms with Gasteiger partial charge in [-0.1, -0.05) is 33.1 Å². The van der Waals surface area contributed by atoms with E-state index in [1.54, 1.807) is 19.0 Å². The molecule has 0 radical (unpaired) electrons. The van der Waals surface area contributed by atoms with Gasteiger partial charge in [-0.2, -0.15) is 5.10 Å². The van der Waals surface area contributed by atoms with Crippen LogP contribution in [0.1, 0.15) is 57.3 Å². The largest absolute Gasteiger partial charge is 0.356 e. The zero-order valence-electron chi connectivity index (χ0n) is 19.1. The number of rotatable bonds is 12. The molecule has 0 aromatic carbocycles. The monoisotopic (exact) mass is 520 g/mol. The van der Waals surface area contributed by atoms with Crippen LogP contribution in [0.5, 0.6) is 0 Å². The van der Waals surface area contributed by atoms with Crippen molar-refractivity contribution in [3.8, 4) is 0 Å². The molecule has 1 heterocycles. The fourth-order valence-electron chi connectivity index (χ4n) is 2.98. The Kier molecular flexibility index (Phi) is 14.8. The lowest BCUT2D eigenvalue weighted by atomic mass is 9.99. The van der Waals surface area contributed by atoms with Gasteiger partial charge in [0.2, 0.25) is 5.91 Å². The van der Waals surface area contributed by atoms with E-state index < -0.39 is 0 Å². The molecule has 1 rings (SSSR count). The van der Waals surface area contributed by atoms with Crippen LogP contribution < -0.4 is 10.6 Å². The van der Waals surface area contributed by atoms with Gasteiger partial charge in [-0.3, -0.25) is 9.48 Å². The van der Waals surface area contributed by atoms with Gasteiger partial charge in [0.15, 0.2) is 5.96 Å². The van der Waals surface area contributed by atoms with Crippen molar-refractivity contribution in [1.82, 2.24) is 25.3 Å². The number of carbonyl (C=O) groups is 1. The predicted molar refractivity (Wildman–Crippen MR) is 132 cm³/mol. The summed E-state index contributed by atoms with van der Waals surface area (Å²) in [7, 11) is 3.51. The number of hydrogen-bond acceptors (Lipinski definition) is 3. The Labute approximate surface area is 194 Å². The second-order valence-corrected chi connectivity index (χ2v) is 7.68. The third kappa shape index (κ3) is 11.4. The maximum absolute atomic E-state index is 11.9. The van der Waals surface area contributed by atoms with Crippen molar-refractivity contribution in [3.63, 3.8) is 0 Å². The van der Waals surface area contributed by atoms with Crippen LogP contribution in [0.25, 0.3) is 0 Å². The van der Waals surface area contributed by atoms with E-state index in [1.165, 1.54) is 25.0 Å². The lowest BCUT2D eigenvalue weighted by Crippen LogP contribution is -2.41. The van der Waals surface area contributed by atoms with E-state index >= 15 is 0 Å². The van der Waals surface area contributed by atoms with Gasteiger partial charge >= 0.3 is 0 Å². The number of halogens is 1. The molecule has 0 fully saturated rings. The quantitative estimate of drug-likeness (QED) is 0.192. The Morgan fingerprint density at radius 3 is 2.52 bits per heavy atom. The Morgan fingerprint density at radius 2 is 1.97 bits per heavy atom. The molecule has 0 saturated heterocycles. The van der Waals surface area contributed by atoms with E-state index in [9.17, 15) is 4.79 Å². The molecule has 168 valence electrons. The summed E-state index contributed by atoms with van der Waals surface area (Å²) in [5, 5.41) is 11.3. The number of aromatic nitrogens is 2. The van der Waals surface area contributed by atoms with E-state index in [4.69, 9.17) is 0 Å². The number of nitrogens with zero attached hydrogens (tertiary/aromatic N) is 4. The molecular formula is C21H41IN6O. The summed E-state index contributed by atoms with van der Waals surface area (Å²) in [6, 6.07) is 2.09. The molecule has 1 aromatic heterocycles. The minimum absolute atomic E-state index is 0. The molecule has 7 nitrogen and oxygen atoms in total. The Bertz CT molecular complexity index is 614. The van der Waals surface area contributed by atoms with Crippen molar-refractivity contribution in [2.75, 3.05) is 33.7 Å². The molecule has 0 bridgehead atoms. The smallest absolute Gasteiger partial charge is 0.243 e. The van der Waals surface area contributed by atoms with Gasteiger partial charge < -0.3 is 15.5 Å². The zero-order valence-corrected chi connectivity index (χ0v) is 21.5. The summed E-state index contributed by atoms with van der Waals surface area (Å²) in [5.74, 6) is 1.35. The highest BCUT2D eigenvalue weighted by molar-refractivity contribution is 14.0. The van der Waals surface area contributed by atoms with Crippen LogP contribution in [-0.4, -0.2) is 60.3 Å². The van der Waals surface area contributed by atoms with Gasteiger partial charge in [-0.05, 0) is 38.7 Å². The van der Waals surface area contributed by atoms with Crippen molar-refractivity contribution in [2.24, 2.45) is 10.9 Å². The molecule has 29 heavy (non-hydrogen) atoms. The van der Waals surface area contributed by atoms with Crippen LogP contribution in [0.4, 0.5) is 0 Å². The van der Waals surface area contributed by atoms with Crippen molar-refractivity contribution in [3.05, 3.63) is 17.5 Å². The summed E-state index contributed by atoms with van der Waals surface area (Å²) in [5.41, 5.74) is 2.23. The van der Waals surface area contributed by atoms with Crippen molar-refractivity contribution >= 4 is 35.8 Å². The maximum Gasteiger partial charge on any atom is 0.243 e. The number of unbranched alkanes of at least 4 members (excludes halogenated alkanes) is 1. The second-order valence-electron chi connectivity index (χ2n) is 7.68. The lowest BCUT2D eigenvalue weighted by molar-refractivity contribution is -0.127. The molecule has 1 unspecified atom stereocenters. The average Bonchev–Trinajstić information content (AvgIpc) is 2.99. The summed E-state index contributed by atoms with van der Waals surface area (Å²) >= 11 is 0. The van der Waals surface area contributed by atoms with Crippen molar-refractivity contribution in [1.29, 1.82) is 0 Å². The summed E-state index contributed by atoms with van der Waals surface area (Å²) < 4.78 is 2.04. The zero-order chi connectivity index (χ0) is 20.9. The Balaban J connectivity index is 0.00000784. The number of nitrogens with one attached hydrogen (secondary N) is 2. The number of amides is 1. The third-order valence-corrected chi connectivity index (χ3v) is 4.92. The number of aliphatic imine (C=N–C) groups is 1. The topological polar surface area (TPSA) is 74.6 Å². The predicted octanol–water partition coefficient (Wildman–Crippen LogP) is 3.35. The molecule has 0 spiro atoms. The van der Waals surface area contributed by atoms with Gasteiger partial charge in [-0.25, -0.2) is 4.99 Å². The van der Waals surface area contributed by atoms with Crippen LogP contribution >= 0.6 is 24.0 Å². The third-order valence-electron chi connectivity index (χ3n) is 4.92. The normalized spacial score (nSPS) is 12.3. The summed E-state index contributed by atoms with van der Waals surface area (Å²) in [6.07, 6.45) is 5.79. The van der Waals surface area contributed by atoms with E-state index in [0.29, 0.717) is 5.92 Å². The first-order chi connectivity index (χ1) is 13.4. The Hall–Kier alpha value is -1.32. The van der Waals surface area contributed by atoms with Crippen molar-refractivity contribution < 1.29 is 4.79 Å². The van der Waals surface area contributed by atoms with Crippen LogP contribution in [0.2, 0.25) is 0 Å². The number of guanidine groups is 1.